The molecule has 0 saturated heterocycles. The van der Waals surface area contributed by atoms with Crippen molar-refractivity contribution < 1.29 is 9.53 Å². The number of rotatable bonds is 7. The summed E-state index contributed by atoms with van der Waals surface area (Å²) in [5.41, 5.74) is 8.84. The third-order valence-corrected chi connectivity index (χ3v) is 2.85. The first-order valence-corrected chi connectivity index (χ1v) is 6.28. The third-order valence-electron chi connectivity index (χ3n) is 2.85. The quantitative estimate of drug-likeness (QED) is 0.558. The maximum absolute atomic E-state index is 10.3. The maximum Gasteiger partial charge on any atom is 0.293 e. The molecule has 0 aromatic heterocycles. The Bertz CT molecular complexity index is 350. The maximum atomic E-state index is 10.3. The molecule has 0 atom stereocenters. The Morgan fingerprint density at radius 2 is 1.78 bits per heavy atom. The van der Waals surface area contributed by atoms with Crippen molar-refractivity contribution in [3.63, 3.8) is 0 Å². The average molecular weight is 251 g/mol. The summed E-state index contributed by atoms with van der Waals surface area (Å²) in [5.74, 6) is 0.808. The zero-order chi connectivity index (χ0) is 14.1. The Morgan fingerprint density at radius 3 is 2.17 bits per heavy atom. The molecule has 0 amide bonds. The summed E-state index contributed by atoms with van der Waals surface area (Å²) < 4.78 is 4.84. The smallest absolute Gasteiger partial charge is 0.293 e. The molecule has 0 spiro atoms. The first-order chi connectivity index (χ1) is 8.42. The van der Waals surface area contributed by atoms with Gasteiger partial charge in [-0.15, -0.1) is 0 Å². The highest BCUT2D eigenvalue weighted by molar-refractivity contribution is 5.40. The molecule has 3 nitrogen and oxygen atoms in total. The fourth-order valence-corrected chi connectivity index (χ4v) is 1.34. The lowest BCUT2D eigenvalue weighted by molar-refractivity contribution is -0.127. The van der Waals surface area contributed by atoms with Gasteiger partial charge in [-0.3, -0.25) is 4.79 Å². The number of hydrogen-bond donors (Lipinski definition) is 1. The van der Waals surface area contributed by atoms with Crippen LogP contribution >= 0.6 is 0 Å². The third kappa shape index (κ3) is 6.28. The summed E-state index contributed by atoms with van der Waals surface area (Å²) in [4.78, 5) is 10.3. The van der Waals surface area contributed by atoms with E-state index >= 15 is 0 Å². The molecule has 102 valence electrons. The molecule has 2 N–H and O–H groups in total. The summed E-state index contributed by atoms with van der Waals surface area (Å²) in [6.45, 7) is 11.2. The lowest BCUT2D eigenvalue weighted by Gasteiger charge is -2.10. The lowest BCUT2D eigenvalue weighted by atomic mass is 9.98. The van der Waals surface area contributed by atoms with E-state index in [-0.39, 0.29) is 6.61 Å². The number of allylic oxidation sites excluding steroid dienone is 3. The molecule has 0 heterocycles. The van der Waals surface area contributed by atoms with Gasteiger partial charge in [0.1, 0.15) is 6.61 Å². The number of hydrogen-bond acceptors (Lipinski definition) is 3. The summed E-state index contributed by atoms with van der Waals surface area (Å²) in [6, 6.07) is 0. The Morgan fingerprint density at radius 1 is 1.17 bits per heavy atom. The summed E-state index contributed by atoms with van der Waals surface area (Å²) in [7, 11) is 0. The van der Waals surface area contributed by atoms with Crippen LogP contribution in [-0.4, -0.2) is 13.1 Å². The second kappa shape index (κ2) is 8.56. The largest absolute Gasteiger partial charge is 0.463 e. The van der Waals surface area contributed by atoms with Crippen molar-refractivity contribution in [1.29, 1.82) is 0 Å². The molecule has 0 rings (SSSR count). The Kier molecular flexibility index (Phi) is 7.84. The van der Waals surface area contributed by atoms with Crippen LogP contribution in [0.4, 0.5) is 0 Å². The van der Waals surface area contributed by atoms with Gasteiger partial charge in [-0.05, 0) is 36.1 Å². The molecular formula is C15H25NO2. The van der Waals surface area contributed by atoms with Crippen molar-refractivity contribution in [3.8, 4) is 0 Å². The van der Waals surface area contributed by atoms with Crippen LogP contribution < -0.4 is 5.73 Å². The van der Waals surface area contributed by atoms with E-state index in [9.17, 15) is 4.79 Å². The monoisotopic (exact) mass is 251 g/mol. The molecule has 0 saturated carbocycles. The average Bonchev–Trinajstić information content (AvgIpc) is 2.31. The molecule has 0 radical (unpaired) electrons. The van der Waals surface area contributed by atoms with Crippen LogP contribution in [0, 0.1) is 11.8 Å². The van der Waals surface area contributed by atoms with Crippen molar-refractivity contribution >= 4 is 6.47 Å². The van der Waals surface area contributed by atoms with Gasteiger partial charge in [0.15, 0.2) is 0 Å². The number of carbonyl (C=O) groups excluding carboxylic acids is 1. The van der Waals surface area contributed by atoms with Crippen LogP contribution in [-0.2, 0) is 9.53 Å². The first-order valence-electron chi connectivity index (χ1n) is 6.28. The predicted octanol–water partition coefficient (Wildman–Crippen LogP) is 3.19. The molecular weight excluding hydrogens is 226 g/mol. The minimum atomic E-state index is 0.275. The normalized spacial score (nSPS) is 14.3. The Balaban J connectivity index is 5.16. The molecule has 0 unspecified atom stereocenters. The minimum absolute atomic E-state index is 0.275. The first kappa shape index (κ1) is 16.5. The zero-order valence-corrected chi connectivity index (χ0v) is 12.1. The fourth-order valence-electron chi connectivity index (χ4n) is 1.34. The SMILES string of the molecule is C\C(=C/C(=C\C(=C\N)C(C)C)COC=O)C(C)C. The van der Waals surface area contributed by atoms with E-state index in [0.717, 1.165) is 11.1 Å². The van der Waals surface area contributed by atoms with Gasteiger partial charge in [0.2, 0.25) is 0 Å². The van der Waals surface area contributed by atoms with Crippen molar-refractivity contribution in [2.24, 2.45) is 17.6 Å². The molecule has 0 aliphatic heterocycles. The van der Waals surface area contributed by atoms with E-state index in [1.165, 1.54) is 5.57 Å². The van der Waals surface area contributed by atoms with Crippen LogP contribution in [0.2, 0.25) is 0 Å². The molecule has 0 bridgehead atoms. The van der Waals surface area contributed by atoms with Gasteiger partial charge in [-0.25, -0.2) is 0 Å². The van der Waals surface area contributed by atoms with E-state index in [0.29, 0.717) is 18.3 Å². The second-order valence-electron chi connectivity index (χ2n) is 4.99. The van der Waals surface area contributed by atoms with Gasteiger partial charge in [0.25, 0.3) is 6.47 Å². The highest BCUT2D eigenvalue weighted by Gasteiger charge is 2.04. The lowest BCUT2D eigenvalue weighted by Crippen LogP contribution is -2.01. The van der Waals surface area contributed by atoms with Crippen molar-refractivity contribution in [2.75, 3.05) is 6.61 Å². The van der Waals surface area contributed by atoms with E-state index in [4.69, 9.17) is 10.5 Å². The highest BCUT2D eigenvalue weighted by atomic mass is 16.5. The standard InChI is InChI=1S/C15H25NO2/c1-11(2)13(5)6-14(9-18-10-17)7-15(8-16)12(3)4/h6-8,10-12H,9,16H2,1-5H3/b13-6+,14-7+,15-8-. The second-order valence-corrected chi connectivity index (χ2v) is 4.99. The minimum Gasteiger partial charge on any atom is -0.463 e. The van der Waals surface area contributed by atoms with Gasteiger partial charge in [0, 0.05) is 0 Å². The predicted molar refractivity (Wildman–Crippen MR) is 75.8 cm³/mol. The molecule has 0 fully saturated rings. The van der Waals surface area contributed by atoms with Crippen molar-refractivity contribution in [1.82, 2.24) is 0 Å². The molecule has 18 heavy (non-hydrogen) atoms. The Hall–Kier alpha value is -1.51. The van der Waals surface area contributed by atoms with Gasteiger partial charge >= 0.3 is 0 Å². The number of nitrogens with two attached hydrogens (primary N) is 1. The number of ether oxygens (including phenoxy) is 1. The van der Waals surface area contributed by atoms with Gasteiger partial charge < -0.3 is 10.5 Å². The van der Waals surface area contributed by atoms with Crippen LogP contribution in [0.25, 0.3) is 0 Å². The molecule has 3 heteroatoms. The molecule has 0 aliphatic carbocycles. The van der Waals surface area contributed by atoms with Crippen LogP contribution in [0.5, 0.6) is 0 Å². The zero-order valence-electron chi connectivity index (χ0n) is 12.1. The fraction of sp³-hybridized carbons (Fsp3) is 0.533. The van der Waals surface area contributed by atoms with Crippen LogP contribution in [0.1, 0.15) is 34.6 Å². The summed E-state index contributed by atoms with van der Waals surface area (Å²) >= 11 is 0. The molecule has 0 aliphatic rings. The summed E-state index contributed by atoms with van der Waals surface area (Å²) in [5, 5.41) is 0. The van der Waals surface area contributed by atoms with Gasteiger partial charge in [-0.1, -0.05) is 45.4 Å². The van der Waals surface area contributed by atoms with E-state index in [1.54, 1.807) is 6.20 Å². The van der Waals surface area contributed by atoms with Crippen molar-refractivity contribution in [3.05, 3.63) is 35.1 Å². The van der Waals surface area contributed by atoms with Crippen LogP contribution in [0.15, 0.2) is 35.1 Å². The van der Waals surface area contributed by atoms with E-state index < -0.39 is 0 Å². The number of carbonyl (C=O) groups is 1. The van der Waals surface area contributed by atoms with Gasteiger partial charge in [-0.2, -0.15) is 0 Å². The van der Waals surface area contributed by atoms with E-state index in [2.05, 4.69) is 40.7 Å². The topological polar surface area (TPSA) is 52.3 Å². The van der Waals surface area contributed by atoms with Crippen molar-refractivity contribution in [2.45, 2.75) is 34.6 Å². The van der Waals surface area contributed by atoms with E-state index in [1.807, 2.05) is 6.08 Å². The molecule has 0 aromatic carbocycles. The highest BCUT2D eigenvalue weighted by Crippen LogP contribution is 2.16. The van der Waals surface area contributed by atoms with Crippen LogP contribution in [0.3, 0.4) is 0 Å². The van der Waals surface area contributed by atoms with Gasteiger partial charge in [0.05, 0.1) is 0 Å². The molecule has 0 aromatic rings. The Labute approximate surface area is 110 Å². The summed E-state index contributed by atoms with van der Waals surface area (Å²) in [6.07, 6.45) is 5.64.